The Balaban J connectivity index is 0.000000399. The average Bonchev–Trinajstić information content (AvgIpc) is 2.70. The Kier molecular flexibility index (Phi) is 6.26. The Morgan fingerprint density at radius 1 is 0.720 bits per heavy atom. The normalized spacial score (nSPS) is 10.3. The molecule has 0 amide bonds. The maximum atomic E-state index is 11.4. The smallest absolute Gasteiger partial charge is 0.327 e. The number of carbonyl (C=O) groups is 1. The standard InChI is InChI=1S/C19H16O.C3H4O2/c20-19(16-10-4-1-5-11-16,17-12-6-2-7-13-17)18-14-8-3-9-15-18;1-2-3(4)5/h1-15,20H;2H,1H2,(H,4,5). The lowest BCUT2D eigenvalue weighted by atomic mass is 9.80. The van der Waals surface area contributed by atoms with Gasteiger partial charge in [0.1, 0.15) is 5.60 Å². The second kappa shape index (κ2) is 8.62. The summed E-state index contributed by atoms with van der Waals surface area (Å²) in [6.07, 6.45) is 0.833. The SMILES string of the molecule is C=CC(=O)O.OC(c1ccccc1)(c1ccccc1)c1ccccc1. The predicted molar refractivity (Wildman–Crippen MR) is 99.3 cm³/mol. The summed E-state index contributed by atoms with van der Waals surface area (Å²) in [5.41, 5.74) is 1.50. The van der Waals surface area contributed by atoms with Gasteiger partial charge in [-0.25, -0.2) is 4.79 Å². The summed E-state index contributed by atoms with van der Waals surface area (Å²) >= 11 is 0. The van der Waals surface area contributed by atoms with Crippen LogP contribution < -0.4 is 0 Å². The van der Waals surface area contributed by atoms with E-state index in [1.54, 1.807) is 0 Å². The zero-order valence-corrected chi connectivity index (χ0v) is 13.7. The van der Waals surface area contributed by atoms with Crippen molar-refractivity contribution in [1.29, 1.82) is 0 Å². The molecule has 0 atom stereocenters. The van der Waals surface area contributed by atoms with Crippen molar-refractivity contribution < 1.29 is 15.0 Å². The molecule has 0 unspecified atom stereocenters. The van der Waals surface area contributed by atoms with Crippen molar-refractivity contribution in [2.24, 2.45) is 0 Å². The van der Waals surface area contributed by atoms with Gasteiger partial charge >= 0.3 is 5.97 Å². The van der Waals surface area contributed by atoms with Crippen molar-refractivity contribution in [3.8, 4) is 0 Å². The number of benzene rings is 3. The van der Waals surface area contributed by atoms with E-state index < -0.39 is 11.6 Å². The molecule has 3 aromatic rings. The number of carboxylic acids is 1. The molecule has 25 heavy (non-hydrogen) atoms. The van der Waals surface area contributed by atoms with Gasteiger partial charge in [-0.15, -0.1) is 0 Å². The zero-order valence-electron chi connectivity index (χ0n) is 13.7. The van der Waals surface area contributed by atoms with Crippen LogP contribution in [0.4, 0.5) is 0 Å². The van der Waals surface area contributed by atoms with Crippen LogP contribution in [-0.4, -0.2) is 16.2 Å². The lowest BCUT2D eigenvalue weighted by Gasteiger charge is -2.30. The number of carboxylic acid groups (broad SMARTS) is 1. The highest BCUT2D eigenvalue weighted by Crippen LogP contribution is 2.36. The second-order valence-corrected chi connectivity index (χ2v) is 5.35. The summed E-state index contributed by atoms with van der Waals surface area (Å²) in [6.45, 7) is 2.96. The first-order chi connectivity index (χ1) is 12.1. The van der Waals surface area contributed by atoms with Gasteiger partial charge in [-0.3, -0.25) is 0 Å². The third-order valence-corrected chi connectivity index (χ3v) is 3.75. The molecule has 0 fully saturated rings. The maximum Gasteiger partial charge on any atom is 0.327 e. The molecule has 0 heterocycles. The van der Waals surface area contributed by atoms with E-state index in [1.165, 1.54) is 0 Å². The molecule has 0 spiro atoms. The molecular weight excluding hydrogens is 312 g/mol. The van der Waals surface area contributed by atoms with Crippen LogP contribution in [0.5, 0.6) is 0 Å². The molecule has 0 saturated carbocycles. The summed E-state index contributed by atoms with van der Waals surface area (Å²) in [6, 6.07) is 29.3. The van der Waals surface area contributed by atoms with Crippen LogP contribution in [0.3, 0.4) is 0 Å². The first-order valence-electron chi connectivity index (χ1n) is 7.83. The molecular formula is C22H20O3. The Labute approximate surface area is 147 Å². The van der Waals surface area contributed by atoms with E-state index in [0.29, 0.717) is 0 Å². The fourth-order valence-corrected chi connectivity index (χ4v) is 2.54. The van der Waals surface area contributed by atoms with Gasteiger partial charge in [0, 0.05) is 6.08 Å². The van der Waals surface area contributed by atoms with Gasteiger partial charge in [-0.1, -0.05) is 97.6 Å². The van der Waals surface area contributed by atoms with Gasteiger partial charge in [-0.2, -0.15) is 0 Å². The minimum atomic E-state index is -1.12. The molecule has 0 aromatic heterocycles. The first kappa shape index (κ1) is 18.2. The summed E-state index contributed by atoms with van der Waals surface area (Å²) in [5, 5.41) is 19.0. The van der Waals surface area contributed by atoms with Gasteiger partial charge in [0.05, 0.1) is 0 Å². The third kappa shape index (κ3) is 4.43. The van der Waals surface area contributed by atoms with Crippen molar-refractivity contribution >= 4 is 5.97 Å². The quantitative estimate of drug-likeness (QED) is 0.555. The molecule has 0 bridgehead atoms. The number of hydrogen-bond acceptors (Lipinski definition) is 2. The minimum Gasteiger partial charge on any atom is -0.478 e. The highest BCUT2D eigenvalue weighted by molar-refractivity contribution is 5.78. The Morgan fingerprint density at radius 2 is 0.960 bits per heavy atom. The van der Waals surface area contributed by atoms with Gasteiger partial charge in [0.15, 0.2) is 0 Å². The number of rotatable bonds is 4. The fraction of sp³-hybridized carbons (Fsp3) is 0.0455. The molecule has 3 heteroatoms. The monoisotopic (exact) mass is 332 g/mol. The average molecular weight is 332 g/mol. The number of aliphatic hydroxyl groups is 1. The molecule has 0 aliphatic carbocycles. The van der Waals surface area contributed by atoms with E-state index in [-0.39, 0.29) is 0 Å². The van der Waals surface area contributed by atoms with Crippen LogP contribution in [0.1, 0.15) is 16.7 Å². The highest BCUT2D eigenvalue weighted by Gasteiger charge is 2.33. The molecule has 0 saturated heterocycles. The van der Waals surface area contributed by atoms with Crippen molar-refractivity contribution in [3.05, 3.63) is 120 Å². The van der Waals surface area contributed by atoms with E-state index in [4.69, 9.17) is 5.11 Å². The van der Waals surface area contributed by atoms with Gasteiger partial charge in [0.25, 0.3) is 0 Å². The van der Waals surface area contributed by atoms with Crippen molar-refractivity contribution in [2.75, 3.05) is 0 Å². The highest BCUT2D eigenvalue weighted by atomic mass is 16.4. The summed E-state index contributed by atoms with van der Waals surface area (Å²) in [5.74, 6) is -0.981. The molecule has 0 aliphatic rings. The van der Waals surface area contributed by atoms with E-state index in [9.17, 15) is 9.90 Å². The summed E-state index contributed by atoms with van der Waals surface area (Å²) < 4.78 is 0. The minimum absolute atomic E-state index is 0.833. The van der Waals surface area contributed by atoms with E-state index in [2.05, 4.69) is 6.58 Å². The van der Waals surface area contributed by atoms with E-state index in [1.807, 2.05) is 91.0 Å². The molecule has 3 rings (SSSR count). The predicted octanol–water partition coefficient (Wildman–Crippen LogP) is 4.23. The Hall–Kier alpha value is -3.17. The second-order valence-electron chi connectivity index (χ2n) is 5.35. The molecule has 0 radical (unpaired) electrons. The number of aliphatic carboxylic acids is 1. The van der Waals surface area contributed by atoms with Crippen molar-refractivity contribution in [3.63, 3.8) is 0 Å². The van der Waals surface area contributed by atoms with Gasteiger partial charge < -0.3 is 10.2 Å². The zero-order chi connectivity index (χ0) is 18.1. The van der Waals surface area contributed by atoms with Crippen LogP contribution >= 0.6 is 0 Å². The third-order valence-electron chi connectivity index (χ3n) is 3.75. The Bertz CT molecular complexity index is 700. The largest absolute Gasteiger partial charge is 0.478 e. The fourth-order valence-electron chi connectivity index (χ4n) is 2.54. The van der Waals surface area contributed by atoms with Gasteiger partial charge in [0.2, 0.25) is 0 Å². The molecule has 3 aromatic carbocycles. The van der Waals surface area contributed by atoms with Crippen LogP contribution in [0, 0.1) is 0 Å². The van der Waals surface area contributed by atoms with E-state index in [0.717, 1.165) is 22.8 Å². The van der Waals surface area contributed by atoms with Crippen LogP contribution in [0.2, 0.25) is 0 Å². The Morgan fingerprint density at radius 3 is 1.16 bits per heavy atom. The maximum absolute atomic E-state index is 11.4. The van der Waals surface area contributed by atoms with Crippen LogP contribution in [0.15, 0.2) is 104 Å². The van der Waals surface area contributed by atoms with Crippen LogP contribution in [0.25, 0.3) is 0 Å². The van der Waals surface area contributed by atoms with E-state index >= 15 is 0 Å². The topological polar surface area (TPSA) is 57.5 Å². The van der Waals surface area contributed by atoms with Crippen molar-refractivity contribution in [2.45, 2.75) is 5.60 Å². The van der Waals surface area contributed by atoms with Crippen LogP contribution in [-0.2, 0) is 10.4 Å². The molecule has 3 nitrogen and oxygen atoms in total. The molecule has 126 valence electrons. The lowest BCUT2D eigenvalue weighted by molar-refractivity contribution is -0.131. The molecule has 0 aliphatic heterocycles. The lowest BCUT2D eigenvalue weighted by Crippen LogP contribution is -2.28. The first-order valence-corrected chi connectivity index (χ1v) is 7.83. The molecule has 2 N–H and O–H groups in total. The summed E-state index contributed by atoms with van der Waals surface area (Å²) in [7, 11) is 0. The van der Waals surface area contributed by atoms with Crippen molar-refractivity contribution in [1.82, 2.24) is 0 Å². The summed E-state index contributed by atoms with van der Waals surface area (Å²) in [4.78, 5) is 9.25. The number of hydrogen-bond donors (Lipinski definition) is 2. The van der Waals surface area contributed by atoms with Gasteiger partial charge in [-0.05, 0) is 16.7 Å².